The number of rotatable bonds is 1. The Morgan fingerprint density at radius 1 is 0.655 bits per heavy atom. The zero-order valence-corrected chi connectivity index (χ0v) is 16.1. The molecule has 0 saturated heterocycles. The van der Waals surface area contributed by atoms with E-state index >= 15 is 0 Å². The van der Waals surface area contributed by atoms with E-state index in [0.717, 1.165) is 32.6 Å². The molecule has 4 aromatic carbocycles. The third kappa shape index (κ3) is 1.99. The minimum atomic E-state index is 0.887. The summed E-state index contributed by atoms with van der Waals surface area (Å²) in [6, 6.07) is 29.4. The Morgan fingerprint density at radius 2 is 1.31 bits per heavy atom. The highest BCUT2D eigenvalue weighted by Gasteiger charge is 2.17. The van der Waals surface area contributed by atoms with Crippen molar-refractivity contribution in [1.29, 1.82) is 0 Å². The number of fused-ring (bicyclic) bond motifs is 8. The van der Waals surface area contributed by atoms with Crippen molar-refractivity contribution in [2.45, 2.75) is 0 Å². The molecule has 0 amide bonds. The molecule has 3 aromatic heterocycles. The summed E-state index contributed by atoms with van der Waals surface area (Å²) in [6.07, 6.45) is 0. The minimum Gasteiger partial charge on any atom is -0.456 e. The normalized spacial score (nSPS) is 12.1. The van der Waals surface area contributed by atoms with Gasteiger partial charge in [0.05, 0.1) is 26.6 Å². The summed E-state index contributed by atoms with van der Waals surface area (Å²) < 4.78 is 9.51. The molecule has 0 unspecified atom stereocenters. The van der Waals surface area contributed by atoms with E-state index in [0.29, 0.717) is 0 Å². The van der Waals surface area contributed by atoms with Gasteiger partial charge < -0.3 is 4.42 Å². The Kier molecular flexibility index (Phi) is 2.88. The van der Waals surface area contributed by atoms with Crippen LogP contribution in [0.25, 0.3) is 59.1 Å². The first-order valence-corrected chi connectivity index (χ1v) is 10.4. The largest absolute Gasteiger partial charge is 0.456 e. The average molecular weight is 390 g/mol. The van der Waals surface area contributed by atoms with E-state index in [4.69, 9.17) is 9.40 Å². The number of benzene rings is 4. The molecule has 0 fully saturated rings. The van der Waals surface area contributed by atoms with Crippen molar-refractivity contribution in [3.05, 3.63) is 84.9 Å². The van der Waals surface area contributed by atoms with E-state index in [9.17, 15) is 0 Å². The van der Waals surface area contributed by atoms with Gasteiger partial charge in [-0.1, -0.05) is 65.9 Å². The Morgan fingerprint density at radius 3 is 2.07 bits per heavy atom. The second kappa shape index (κ2) is 5.46. The van der Waals surface area contributed by atoms with Crippen molar-refractivity contribution in [2.75, 3.05) is 0 Å². The quantitative estimate of drug-likeness (QED) is 0.295. The molecule has 0 saturated carbocycles. The predicted molar refractivity (Wildman–Crippen MR) is 121 cm³/mol. The number of para-hydroxylation sites is 3. The summed E-state index contributed by atoms with van der Waals surface area (Å²) in [4.78, 5) is 5.13. The van der Waals surface area contributed by atoms with E-state index in [1.807, 2.05) is 12.1 Å². The molecule has 7 aromatic rings. The van der Waals surface area contributed by atoms with Gasteiger partial charge in [0.25, 0.3) is 0 Å². The second-order valence-corrected chi connectivity index (χ2v) is 8.26. The van der Waals surface area contributed by atoms with Crippen molar-refractivity contribution >= 4 is 65.3 Å². The molecule has 7 rings (SSSR count). The second-order valence-electron chi connectivity index (χ2n) is 7.25. The van der Waals surface area contributed by atoms with Crippen LogP contribution < -0.4 is 0 Å². The topological polar surface area (TPSA) is 31.0 Å². The van der Waals surface area contributed by atoms with Crippen molar-refractivity contribution in [2.24, 2.45) is 0 Å². The number of nitrogens with zero attached hydrogens (tertiary/aromatic N) is 2. The van der Waals surface area contributed by atoms with Crippen LogP contribution in [-0.4, -0.2) is 9.55 Å². The maximum Gasteiger partial charge on any atom is 0.195 e. The molecule has 0 aliphatic rings. The van der Waals surface area contributed by atoms with E-state index in [1.54, 1.807) is 11.3 Å². The number of aromatic nitrogens is 2. The molecule has 0 atom stereocenters. The summed E-state index contributed by atoms with van der Waals surface area (Å²) in [5.41, 5.74) is 5.16. The molecule has 3 heterocycles. The molecule has 0 spiro atoms. The van der Waals surface area contributed by atoms with Gasteiger partial charge in [0, 0.05) is 16.2 Å². The molecule has 29 heavy (non-hydrogen) atoms. The van der Waals surface area contributed by atoms with Crippen LogP contribution in [0.2, 0.25) is 0 Å². The van der Waals surface area contributed by atoms with Crippen molar-refractivity contribution in [3.63, 3.8) is 0 Å². The first-order chi connectivity index (χ1) is 14.4. The van der Waals surface area contributed by atoms with Crippen LogP contribution in [0.15, 0.2) is 89.3 Å². The third-order valence-corrected chi connectivity index (χ3v) is 6.66. The third-order valence-electron chi connectivity index (χ3n) is 5.66. The van der Waals surface area contributed by atoms with Crippen molar-refractivity contribution < 1.29 is 4.42 Å². The smallest absolute Gasteiger partial charge is 0.195 e. The van der Waals surface area contributed by atoms with Crippen LogP contribution in [0.5, 0.6) is 0 Å². The lowest BCUT2D eigenvalue weighted by molar-refractivity contribution is 0.669. The highest BCUT2D eigenvalue weighted by atomic mass is 32.1. The van der Waals surface area contributed by atoms with Crippen LogP contribution in [0.1, 0.15) is 0 Å². The molecule has 0 aliphatic carbocycles. The number of thiazole rings is 1. The fraction of sp³-hybridized carbons (Fsp3) is 0. The predicted octanol–water partition coefficient (Wildman–Crippen LogP) is 7.29. The minimum absolute atomic E-state index is 0.887. The van der Waals surface area contributed by atoms with Gasteiger partial charge in [0.2, 0.25) is 0 Å². The zero-order chi connectivity index (χ0) is 18.9. The number of hydrogen-bond acceptors (Lipinski definition) is 3. The molecule has 0 bridgehead atoms. The lowest BCUT2D eigenvalue weighted by atomic mass is 10.1. The summed E-state index contributed by atoms with van der Waals surface area (Å²) in [7, 11) is 0. The van der Waals surface area contributed by atoms with Gasteiger partial charge in [-0.2, -0.15) is 0 Å². The van der Waals surface area contributed by atoms with E-state index in [-0.39, 0.29) is 0 Å². The number of furan rings is 1. The standard InChI is InChI=1S/C25H14N2OS/c1-4-10-18-15(7-1)16-8-2-5-11-19(16)27(18)25-26-24-22(29-25)14-13-21-23(24)17-9-3-6-12-20(17)28-21/h1-14H. The molecular weight excluding hydrogens is 376 g/mol. The molecule has 0 N–H and O–H groups in total. The Labute approximate surface area is 169 Å². The fourth-order valence-corrected chi connectivity index (χ4v) is 5.42. The van der Waals surface area contributed by atoms with Crippen LogP contribution in [0, 0.1) is 0 Å². The van der Waals surface area contributed by atoms with Crippen LogP contribution in [-0.2, 0) is 0 Å². The first kappa shape index (κ1) is 15.3. The Balaban J connectivity index is 1.63. The van der Waals surface area contributed by atoms with Gasteiger partial charge in [-0.05, 0) is 30.3 Å². The molecular formula is C25H14N2OS. The van der Waals surface area contributed by atoms with Gasteiger partial charge in [0.1, 0.15) is 11.2 Å². The highest BCUT2D eigenvalue weighted by molar-refractivity contribution is 7.21. The Hall–Kier alpha value is -3.63. The van der Waals surface area contributed by atoms with E-state index < -0.39 is 0 Å². The van der Waals surface area contributed by atoms with E-state index in [2.05, 4.69) is 77.4 Å². The van der Waals surface area contributed by atoms with Gasteiger partial charge in [0.15, 0.2) is 5.13 Å². The highest BCUT2D eigenvalue weighted by Crippen LogP contribution is 2.39. The Bertz CT molecular complexity index is 1660. The van der Waals surface area contributed by atoms with Crippen LogP contribution in [0.4, 0.5) is 0 Å². The zero-order valence-electron chi connectivity index (χ0n) is 15.3. The maximum atomic E-state index is 6.06. The lowest BCUT2D eigenvalue weighted by Gasteiger charge is -2.02. The molecule has 4 heteroatoms. The van der Waals surface area contributed by atoms with Crippen molar-refractivity contribution in [1.82, 2.24) is 9.55 Å². The van der Waals surface area contributed by atoms with Gasteiger partial charge in [-0.25, -0.2) is 4.98 Å². The number of hydrogen-bond donors (Lipinski definition) is 0. The summed E-state index contributed by atoms with van der Waals surface area (Å²) in [5, 5.41) is 5.70. The summed E-state index contributed by atoms with van der Waals surface area (Å²) in [6.45, 7) is 0. The van der Waals surface area contributed by atoms with Gasteiger partial charge in [-0.15, -0.1) is 0 Å². The average Bonchev–Trinajstić information content (AvgIpc) is 3.44. The van der Waals surface area contributed by atoms with Crippen LogP contribution >= 0.6 is 11.3 Å². The lowest BCUT2D eigenvalue weighted by Crippen LogP contribution is -1.92. The summed E-state index contributed by atoms with van der Waals surface area (Å²) in [5.74, 6) is 0. The molecule has 0 aliphatic heterocycles. The summed E-state index contributed by atoms with van der Waals surface area (Å²) >= 11 is 1.72. The maximum absolute atomic E-state index is 6.06. The molecule has 3 nitrogen and oxygen atoms in total. The molecule has 136 valence electrons. The monoisotopic (exact) mass is 390 g/mol. The first-order valence-electron chi connectivity index (χ1n) is 9.58. The van der Waals surface area contributed by atoms with Gasteiger partial charge in [-0.3, -0.25) is 4.57 Å². The van der Waals surface area contributed by atoms with Crippen molar-refractivity contribution in [3.8, 4) is 5.13 Å². The van der Waals surface area contributed by atoms with Crippen LogP contribution in [0.3, 0.4) is 0 Å². The SMILES string of the molecule is c1ccc2c(c1)oc1ccc3sc(-n4c5ccccc5c5ccccc54)nc3c12. The molecule has 0 radical (unpaired) electrons. The fourth-order valence-electron chi connectivity index (χ4n) is 4.41. The van der Waals surface area contributed by atoms with E-state index in [1.165, 1.54) is 26.5 Å². The van der Waals surface area contributed by atoms with Gasteiger partial charge >= 0.3 is 0 Å².